The van der Waals surface area contributed by atoms with Crippen LogP contribution in [0, 0.1) is 18.3 Å². The average Bonchev–Trinajstić information content (AvgIpc) is 2.42. The number of pyridine rings is 1. The number of aryl methyl sites for hydroxylation is 1. The molecule has 0 aliphatic rings. The zero-order chi connectivity index (χ0) is 16.0. The molecule has 0 aliphatic carbocycles. The molecule has 2 aromatic rings. The fourth-order valence-corrected chi connectivity index (χ4v) is 1.39. The molecule has 0 aliphatic heterocycles. The molecule has 1 aromatic heterocycles. The highest BCUT2D eigenvalue weighted by molar-refractivity contribution is 6.30. The normalized spacial score (nSPS) is 10.3. The van der Waals surface area contributed by atoms with E-state index in [9.17, 15) is 13.2 Å². The zero-order valence-corrected chi connectivity index (χ0v) is 11.7. The minimum Gasteiger partial charge on any atom is -0.383 e. The van der Waals surface area contributed by atoms with Crippen molar-refractivity contribution in [2.75, 3.05) is 5.73 Å². The number of halogens is 4. The van der Waals surface area contributed by atoms with Gasteiger partial charge >= 0.3 is 6.18 Å². The molecule has 0 amide bonds. The lowest BCUT2D eigenvalue weighted by Crippen LogP contribution is -2.09. The third-order valence-corrected chi connectivity index (χ3v) is 2.60. The van der Waals surface area contributed by atoms with Gasteiger partial charge in [0.25, 0.3) is 0 Å². The first-order valence-corrected chi connectivity index (χ1v) is 6.08. The number of nitrogens with two attached hydrogens (primary N) is 1. The van der Waals surface area contributed by atoms with Gasteiger partial charge in [-0.1, -0.05) is 29.3 Å². The Balaban J connectivity index is 0.000000235. The first-order valence-electron chi connectivity index (χ1n) is 5.70. The molecule has 0 spiro atoms. The van der Waals surface area contributed by atoms with Gasteiger partial charge in [-0.05, 0) is 31.2 Å². The van der Waals surface area contributed by atoms with E-state index in [1.54, 1.807) is 6.07 Å². The fraction of sp³-hybridized carbons (Fsp3) is 0.143. The first kappa shape index (κ1) is 16.8. The Morgan fingerprint density at radius 1 is 1.14 bits per heavy atom. The van der Waals surface area contributed by atoms with Crippen LogP contribution >= 0.6 is 11.6 Å². The maximum Gasteiger partial charge on any atom is 0.433 e. The van der Waals surface area contributed by atoms with Gasteiger partial charge in [-0.2, -0.15) is 18.4 Å². The van der Waals surface area contributed by atoms with Crippen LogP contribution in [0.2, 0.25) is 5.02 Å². The van der Waals surface area contributed by atoms with E-state index in [0.717, 1.165) is 17.2 Å². The van der Waals surface area contributed by atoms with Gasteiger partial charge < -0.3 is 5.73 Å². The topological polar surface area (TPSA) is 62.7 Å². The largest absolute Gasteiger partial charge is 0.433 e. The smallest absolute Gasteiger partial charge is 0.383 e. The summed E-state index contributed by atoms with van der Waals surface area (Å²) in [6.07, 6.45) is -4.53. The van der Waals surface area contributed by atoms with Gasteiger partial charge in [-0.25, -0.2) is 4.98 Å². The summed E-state index contributed by atoms with van der Waals surface area (Å²) >= 11 is 5.61. The van der Waals surface area contributed by atoms with Crippen molar-refractivity contribution < 1.29 is 13.2 Å². The Morgan fingerprint density at radius 3 is 2.10 bits per heavy atom. The average molecular weight is 314 g/mol. The number of aromatic nitrogens is 1. The van der Waals surface area contributed by atoms with E-state index in [-0.39, 0.29) is 5.56 Å². The quantitative estimate of drug-likeness (QED) is 0.792. The predicted octanol–water partition coefficient (Wildman–Crippen LogP) is 4.20. The number of benzene rings is 1. The van der Waals surface area contributed by atoms with Crippen molar-refractivity contribution in [1.29, 1.82) is 5.26 Å². The molecule has 1 aromatic carbocycles. The predicted molar refractivity (Wildman–Crippen MR) is 74.6 cm³/mol. The van der Waals surface area contributed by atoms with Crippen molar-refractivity contribution in [1.82, 2.24) is 4.98 Å². The van der Waals surface area contributed by atoms with Gasteiger partial charge in [0.05, 0.1) is 5.56 Å². The molecule has 0 unspecified atom stereocenters. The molecule has 2 rings (SSSR count). The first-order chi connectivity index (χ1) is 9.74. The summed E-state index contributed by atoms with van der Waals surface area (Å²) in [6, 6.07) is 11.1. The third kappa shape index (κ3) is 5.32. The second-order valence-electron chi connectivity index (χ2n) is 4.03. The molecule has 2 N–H and O–H groups in total. The monoisotopic (exact) mass is 313 g/mol. The van der Waals surface area contributed by atoms with Crippen molar-refractivity contribution in [3.05, 3.63) is 58.2 Å². The summed E-state index contributed by atoms with van der Waals surface area (Å²) in [7, 11) is 0. The highest BCUT2D eigenvalue weighted by Crippen LogP contribution is 2.28. The van der Waals surface area contributed by atoms with Crippen LogP contribution in [0.25, 0.3) is 0 Å². The molecule has 1 heterocycles. The highest BCUT2D eigenvalue weighted by Gasteiger charge is 2.32. The van der Waals surface area contributed by atoms with Crippen molar-refractivity contribution >= 4 is 17.4 Å². The standard InChI is InChI=1S/C7H7Cl.C7H4F3N3/c1-6-2-4-7(8)5-3-6;8-7(9,10)5-2-1-4(3-11)6(12)13-5/h2-5H,1H3;1-2H,(H2,12,13). The van der Waals surface area contributed by atoms with Crippen LogP contribution in [0.3, 0.4) is 0 Å². The van der Waals surface area contributed by atoms with Crippen LogP contribution in [0.15, 0.2) is 36.4 Å². The van der Waals surface area contributed by atoms with Crippen LogP contribution in [0.5, 0.6) is 0 Å². The van der Waals surface area contributed by atoms with E-state index in [0.29, 0.717) is 0 Å². The van der Waals surface area contributed by atoms with Crippen LogP contribution in [-0.4, -0.2) is 4.98 Å². The van der Waals surface area contributed by atoms with E-state index < -0.39 is 17.7 Å². The summed E-state index contributed by atoms with van der Waals surface area (Å²) in [4.78, 5) is 3.05. The summed E-state index contributed by atoms with van der Waals surface area (Å²) in [5.74, 6) is -0.405. The molecule has 110 valence electrons. The molecular weight excluding hydrogens is 303 g/mol. The number of nitrogens with zero attached hydrogens (tertiary/aromatic N) is 2. The summed E-state index contributed by atoms with van der Waals surface area (Å²) in [5, 5.41) is 9.16. The van der Waals surface area contributed by atoms with Crippen LogP contribution < -0.4 is 5.73 Å². The number of nitrogen functional groups attached to an aromatic ring is 1. The van der Waals surface area contributed by atoms with E-state index in [1.807, 2.05) is 31.2 Å². The van der Waals surface area contributed by atoms with E-state index in [1.165, 1.54) is 5.56 Å². The maximum absolute atomic E-state index is 12.0. The van der Waals surface area contributed by atoms with Crippen molar-refractivity contribution in [2.24, 2.45) is 0 Å². The molecule has 0 atom stereocenters. The second-order valence-corrected chi connectivity index (χ2v) is 4.47. The van der Waals surface area contributed by atoms with E-state index >= 15 is 0 Å². The fourth-order valence-electron chi connectivity index (χ4n) is 1.26. The molecule has 21 heavy (non-hydrogen) atoms. The van der Waals surface area contributed by atoms with Crippen LogP contribution in [0.1, 0.15) is 16.8 Å². The van der Waals surface area contributed by atoms with Crippen molar-refractivity contribution in [3.8, 4) is 6.07 Å². The number of hydrogen-bond acceptors (Lipinski definition) is 3. The summed E-state index contributed by atoms with van der Waals surface area (Å²) in [6.45, 7) is 2.04. The van der Waals surface area contributed by atoms with Crippen molar-refractivity contribution in [3.63, 3.8) is 0 Å². The lowest BCUT2D eigenvalue weighted by atomic mass is 10.2. The minimum absolute atomic E-state index is 0.0620. The van der Waals surface area contributed by atoms with E-state index in [4.69, 9.17) is 22.6 Å². The molecule has 7 heteroatoms. The molecule has 0 bridgehead atoms. The lowest BCUT2D eigenvalue weighted by Gasteiger charge is -2.05. The molecule has 0 saturated heterocycles. The number of alkyl halides is 3. The second kappa shape index (κ2) is 6.95. The molecule has 0 radical (unpaired) electrons. The zero-order valence-electron chi connectivity index (χ0n) is 10.9. The third-order valence-electron chi connectivity index (χ3n) is 2.35. The van der Waals surface area contributed by atoms with Gasteiger partial charge in [0, 0.05) is 5.02 Å². The molecule has 0 fully saturated rings. The van der Waals surface area contributed by atoms with Crippen LogP contribution in [0.4, 0.5) is 19.0 Å². The van der Waals surface area contributed by atoms with Gasteiger partial charge in [-0.3, -0.25) is 0 Å². The van der Waals surface area contributed by atoms with Gasteiger partial charge in [0.15, 0.2) is 0 Å². The highest BCUT2D eigenvalue weighted by atomic mass is 35.5. The Bertz CT molecular complexity index is 625. The maximum atomic E-state index is 12.0. The Labute approximate surface area is 124 Å². The number of hydrogen-bond donors (Lipinski definition) is 1. The Hall–Kier alpha value is -2.26. The number of rotatable bonds is 0. The lowest BCUT2D eigenvalue weighted by molar-refractivity contribution is -0.141. The van der Waals surface area contributed by atoms with Crippen molar-refractivity contribution in [2.45, 2.75) is 13.1 Å². The Kier molecular flexibility index (Phi) is 5.56. The molecule has 3 nitrogen and oxygen atoms in total. The summed E-state index contributed by atoms with van der Waals surface area (Å²) < 4.78 is 36.0. The Morgan fingerprint density at radius 2 is 1.71 bits per heavy atom. The number of nitriles is 1. The molecule has 0 saturated carbocycles. The van der Waals surface area contributed by atoms with Gasteiger partial charge in [0.1, 0.15) is 17.6 Å². The van der Waals surface area contributed by atoms with E-state index in [2.05, 4.69) is 4.98 Å². The van der Waals surface area contributed by atoms with Gasteiger partial charge in [-0.15, -0.1) is 0 Å². The van der Waals surface area contributed by atoms with Gasteiger partial charge in [0.2, 0.25) is 0 Å². The molecular formula is C14H11ClF3N3. The number of anilines is 1. The SMILES string of the molecule is Cc1ccc(Cl)cc1.N#Cc1ccc(C(F)(F)F)nc1N. The van der Waals surface area contributed by atoms with Crippen LogP contribution in [-0.2, 0) is 6.18 Å². The minimum atomic E-state index is -4.53. The summed E-state index contributed by atoms with van der Waals surface area (Å²) in [5.41, 5.74) is 5.18.